The summed E-state index contributed by atoms with van der Waals surface area (Å²) >= 11 is 1.19. The van der Waals surface area contributed by atoms with Crippen LogP contribution in [0.2, 0.25) is 0 Å². The van der Waals surface area contributed by atoms with E-state index in [4.69, 9.17) is 4.74 Å². The minimum absolute atomic E-state index is 0.126. The summed E-state index contributed by atoms with van der Waals surface area (Å²) in [6.07, 6.45) is 11.5. The number of sulfone groups is 1. The number of rotatable bonds is 16. The van der Waals surface area contributed by atoms with Crippen molar-refractivity contribution >= 4 is 38.7 Å². The van der Waals surface area contributed by atoms with Crippen LogP contribution in [0.3, 0.4) is 0 Å². The maximum atomic E-state index is 12.6. The van der Waals surface area contributed by atoms with E-state index in [0.29, 0.717) is 22.5 Å². The normalized spacial score (nSPS) is 11.4. The summed E-state index contributed by atoms with van der Waals surface area (Å²) in [4.78, 5) is 24.9. The Kier molecular flexibility index (Phi) is 12.3. The Balaban J connectivity index is 1.76. The van der Waals surface area contributed by atoms with Gasteiger partial charge in [-0.1, -0.05) is 64.7 Å². The van der Waals surface area contributed by atoms with E-state index >= 15 is 0 Å². The Labute approximate surface area is 208 Å². The number of carbonyl (C=O) groups is 2. The van der Waals surface area contributed by atoms with Crippen LogP contribution in [0, 0.1) is 0 Å². The third kappa shape index (κ3) is 9.58. The van der Waals surface area contributed by atoms with Gasteiger partial charge in [-0.15, -0.1) is 11.3 Å². The smallest absolute Gasteiger partial charge is 0.348 e. The summed E-state index contributed by atoms with van der Waals surface area (Å²) in [5, 5.41) is 4.38. The average molecular weight is 508 g/mol. The maximum Gasteiger partial charge on any atom is 0.348 e. The van der Waals surface area contributed by atoms with Gasteiger partial charge in [0.15, 0.2) is 9.84 Å². The molecule has 2 rings (SSSR count). The zero-order chi connectivity index (χ0) is 24.8. The predicted molar refractivity (Wildman–Crippen MR) is 139 cm³/mol. The molecule has 1 N–H and O–H groups in total. The van der Waals surface area contributed by atoms with Crippen molar-refractivity contribution in [1.29, 1.82) is 0 Å². The molecule has 8 heteroatoms. The minimum Gasteiger partial charge on any atom is -0.462 e. The molecule has 0 unspecified atom stereocenters. The second kappa shape index (κ2) is 14.9. The summed E-state index contributed by atoms with van der Waals surface area (Å²) in [6.45, 7) is 4.23. The highest BCUT2D eigenvalue weighted by Gasteiger charge is 2.16. The molecule has 0 aliphatic heterocycles. The maximum absolute atomic E-state index is 12.6. The van der Waals surface area contributed by atoms with Gasteiger partial charge < -0.3 is 10.1 Å². The fourth-order valence-corrected chi connectivity index (χ4v) is 5.73. The van der Waals surface area contributed by atoms with E-state index in [1.807, 2.05) is 0 Å². The molecule has 2 aromatic rings. The van der Waals surface area contributed by atoms with Crippen molar-refractivity contribution in [1.82, 2.24) is 0 Å². The van der Waals surface area contributed by atoms with E-state index in [0.717, 1.165) is 12.8 Å². The van der Waals surface area contributed by atoms with Crippen LogP contribution in [0.25, 0.3) is 0 Å². The highest BCUT2D eigenvalue weighted by atomic mass is 32.2. The second-order valence-corrected chi connectivity index (χ2v) is 11.4. The lowest BCUT2D eigenvalue weighted by molar-refractivity contribution is 0.0532. The van der Waals surface area contributed by atoms with Crippen LogP contribution in [0.1, 0.15) is 98.1 Å². The first-order valence-electron chi connectivity index (χ1n) is 12.3. The minimum atomic E-state index is -3.36. The number of ether oxygens (including phenoxy) is 1. The van der Waals surface area contributed by atoms with Gasteiger partial charge in [0, 0.05) is 10.9 Å². The van der Waals surface area contributed by atoms with Gasteiger partial charge >= 0.3 is 5.97 Å². The molecule has 1 aromatic heterocycles. The molecular formula is C26H37NO5S2. The number of amides is 1. The van der Waals surface area contributed by atoms with Crippen molar-refractivity contribution < 1.29 is 22.7 Å². The molecular weight excluding hydrogens is 470 g/mol. The number of hydrogen-bond donors (Lipinski definition) is 1. The second-order valence-electron chi connectivity index (χ2n) is 8.40. The average Bonchev–Trinajstić information content (AvgIpc) is 3.29. The van der Waals surface area contributed by atoms with Crippen molar-refractivity contribution in [3.8, 4) is 0 Å². The highest BCUT2D eigenvalue weighted by molar-refractivity contribution is 7.91. The van der Waals surface area contributed by atoms with Crippen LogP contribution < -0.4 is 5.32 Å². The van der Waals surface area contributed by atoms with E-state index in [-0.39, 0.29) is 23.2 Å². The Morgan fingerprint density at radius 1 is 0.882 bits per heavy atom. The molecule has 0 bridgehead atoms. The largest absolute Gasteiger partial charge is 0.462 e. The fraction of sp³-hybridized carbons (Fsp3) is 0.538. The standard InChI is InChI=1S/C26H37NO5S2/c1-3-5-6-7-8-9-10-11-12-13-18-34(30,31)23-16-14-21(15-17-23)25(28)27-22-19-24(33-20-22)26(29)32-4-2/h14-17,19-20H,3-13,18H2,1-2H3,(H,27,28). The first-order chi connectivity index (χ1) is 16.4. The Bertz CT molecular complexity index is 996. The number of nitrogens with one attached hydrogen (secondary N) is 1. The van der Waals surface area contributed by atoms with Gasteiger partial charge in [0.05, 0.1) is 22.9 Å². The molecule has 0 atom stereocenters. The van der Waals surface area contributed by atoms with E-state index in [9.17, 15) is 18.0 Å². The lowest BCUT2D eigenvalue weighted by Gasteiger charge is -2.07. The molecule has 0 aliphatic carbocycles. The van der Waals surface area contributed by atoms with Crippen molar-refractivity contribution in [2.45, 2.75) is 83.0 Å². The summed E-state index contributed by atoms with van der Waals surface area (Å²) in [6, 6.07) is 7.56. The molecule has 0 radical (unpaired) electrons. The quantitative estimate of drug-likeness (QED) is 0.198. The van der Waals surface area contributed by atoms with Crippen molar-refractivity contribution in [2.24, 2.45) is 0 Å². The van der Waals surface area contributed by atoms with E-state index in [2.05, 4.69) is 12.2 Å². The lowest BCUT2D eigenvalue weighted by atomic mass is 10.1. The van der Waals surface area contributed by atoms with Gasteiger partial charge in [0.25, 0.3) is 5.91 Å². The van der Waals surface area contributed by atoms with Gasteiger partial charge in [-0.2, -0.15) is 0 Å². The van der Waals surface area contributed by atoms with E-state index < -0.39 is 15.8 Å². The summed E-state index contributed by atoms with van der Waals surface area (Å²) in [5.41, 5.74) is 0.845. The van der Waals surface area contributed by atoms with Gasteiger partial charge in [-0.3, -0.25) is 4.79 Å². The van der Waals surface area contributed by atoms with Crippen molar-refractivity contribution in [2.75, 3.05) is 17.7 Å². The number of benzene rings is 1. The van der Waals surface area contributed by atoms with Crippen molar-refractivity contribution in [3.63, 3.8) is 0 Å². The summed E-state index contributed by atoms with van der Waals surface area (Å²) in [7, 11) is -3.36. The molecule has 34 heavy (non-hydrogen) atoms. The first kappa shape index (κ1) is 28.1. The number of unbranched alkanes of at least 4 members (excludes halogenated alkanes) is 9. The number of thiophene rings is 1. The van der Waals surface area contributed by atoms with E-state index in [1.54, 1.807) is 18.4 Å². The number of carbonyl (C=O) groups excluding carboxylic acids is 2. The molecule has 0 saturated heterocycles. The molecule has 0 fully saturated rings. The zero-order valence-corrected chi connectivity index (χ0v) is 21.9. The molecule has 0 aliphatic rings. The molecule has 0 saturated carbocycles. The van der Waals surface area contributed by atoms with Gasteiger partial charge in [0.2, 0.25) is 0 Å². The van der Waals surface area contributed by atoms with Crippen molar-refractivity contribution in [3.05, 3.63) is 46.2 Å². The molecule has 1 heterocycles. The van der Waals surface area contributed by atoms with Crippen LogP contribution in [-0.4, -0.2) is 32.7 Å². The SMILES string of the molecule is CCCCCCCCCCCCS(=O)(=O)c1ccc(C(=O)Nc2csc(C(=O)OCC)c2)cc1. The Morgan fingerprint density at radius 3 is 2.06 bits per heavy atom. The molecule has 0 spiro atoms. The van der Waals surface area contributed by atoms with Crippen LogP contribution in [-0.2, 0) is 14.6 Å². The van der Waals surface area contributed by atoms with Gasteiger partial charge in [0.1, 0.15) is 4.88 Å². The number of anilines is 1. The monoisotopic (exact) mass is 507 g/mol. The molecule has 6 nitrogen and oxygen atoms in total. The third-order valence-corrected chi connectivity index (χ3v) is 8.30. The first-order valence-corrected chi connectivity index (χ1v) is 14.8. The van der Waals surface area contributed by atoms with E-state index in [1.165, 1.54) is 80.5 Å². The van der Waals surface area contributed by atoms with Crippen LogP contribution in [0.5, 0.6) is 0 Å². The Morgan fingerprint density at radius 2 is 1.47 bits per heavy atom. The number of esters is 1. The number of hydrogen-bond acceptors (Lipinski definition) is 6. The predicted octanol–water partition coefficient (Wildman–Crippen LogP) is 6.87. The van der Waals surface area contributed by atoms with Crippen LogP contribution in [0.4, 0.5) is 5.69 Å². The highest BCUT2D eigenvalue weighted by Crippen LogP contribution is 2.22. The van der Waals surface area contributed by atoms with Gasteiger partial charge in [-0.25, -0.2) is 13.2 Å². The van der Waals surface area contributed by atoms with Crippen LogP contribution >= 0.6 is 11.3 Å². The topological polar surface area (TPSA) is 89.5 Å². The van der Waals surface area contributed by atoms with Crippen LogP contribution in [0.15, 0.2) is 40.6 Å². The fourth-order valence-electron chi connectivity index (χ4n) is 3.63. The molecule has 1 aromatic carbocycles. The lowest BCUT2D eigenvalue weighted by Crippen LogP contribution is -2.12. The zero-order valence-electron chi connectivity index (χ0n) is 20.3. The summed E-state index contributed by atoms with van der Waals surface area (Å²) in [5.74, 6) is -0.669. The molecule has 188 valence electrons. The third-order valence-electron chi connectivity index (χ3n) is 5.58. The molecule has 1 amide bonds. The Hall–Kier alpha value is -2.19. The summed E-state index contributed by atoms with van der Waals surface area (Å²) < 4.78 is 30.2. The van der Waals surface area contributed by atoms with Gasteiger partial charge in [-0.05, 0) is 43.7 Å².